The Morgan fingerprint density at radius 3 is 1.85 bits per heavy atom. The molecule has 452 valence electrons. The molecule has 0 saturated carbocycles. The first kappa shape index (κ1) is 75.2. The van der Waals surface area contributed by atoms with Crippen molar-refractivity contribution in [2.24, 2.45) is 10.8 Å². The van der Waals surface area contributed by atoms with Crippen LogP contribution in [0.15, 0.2) is 114 Å². The van der Waals surface area contributed by atoms with Gasteiger partial charge in [0.2, 0.25) is 5.91 Å². The summed E-state index contributed by atoms with van der Waals surface area (Å²) in [4.78, 5) is 68.0. The van der Waals surface area contributed by atoms with Crippen LogP contribution >= 0.6 is 52.1 Å². The normalized spacial score (nSPS) is 11.6. The first-order valence-corrected chi connectivity index (χ1v) is 25.1. The van der Waals surface area contributed by atoms with Gasteiger partial charge in [-0.25, -0.2) is 32.9 Å². The number of urea groups is 1. The van der Waals surface area contributed by atoms with Gasteiger partial charge in [0.1, 0.15) is 35.3 Å². The number of aliphatic hydroxyl groups excluding tert-OH is 1. The van der Waals surface area contributed by atoms with Crippen molar-refractivity contribution < 1.29 is 61.5 Å². The fourth-order valence-corrected chi connectivity index (χ4v) is 6.59. The van der Waals surface area contributed by atoms with Crippen molar-refractivity contribution in [3.8, 4) is 0 Å². The molecule has 22 nitrogen and oxygen atoms in total. The molecule has 0 aliphatic carbocycles. The Hall–Kier alpha value is -6.81. The fourth-order valence-electron chi connectivity index (χ4n) is 6.40. The van der Waals surface area contributed by atoms with Crippen LogP contribution in [0.1, 0.15) is 58.2 Å². The summed E-state index contributed by atoms with van der Waals surface area (Å²) < 4.78 is 53.7. The van der Waals surface area contributed by atoms with E-state index in [-0.39, 0.29) is 104 Å². The number of halogens is 3. The van der Waals surface area contributed by atoms with Gasteiger partial charge in [-0.1, -0.05) is 89.5 Å². The number of hydrogen-bond donors (Lipinski definition) is 7. The van der Waals surface area contributed by atoms with Crippen LogP contribution in [0.5, 0.6) is 0 Å². The number of rotatable bonds is 22. The molecule has 4 aromatic carbocycles. The minimum Gasteiger partial charge on any atom is -0.447 e. The van der Waals surface area contributed by atoms with E-state index >= 15 is 0 Å². The molecule has 0 aliphatic rings. The second-order valence-corrected chi connectivity index (χ2v) is 19.6. The lowest BCUT2D eigenvalue weighted by molar-refractivity contribution is -0.120. The largest absolute Gasteiger partial charge is 0.447 e. The smallest absolute Gasteiger partial charge is 0.412 e. The second kappa shape index (κ2) is 39.6. The number of ether oxygens (including phenoxy) is 5. The highest BCUT2D eigenvalue weighted by molar-refractivity contribution is 7.59. The minimum absolute atomic E-state index is 0. The molecule has 0 bridgehead atoms. The molecule has 82 heavy (non-hydrogen) atoms. The number of aromatic nitrogens is 1. The van der Waals surface area contributed by atoms with Gasteiger partial charge in [0.25, 0.3) is 0 Å². The molecular formula is C54H76ClF2N11O11S3. The van der Waals surface area contributed by atoms with Gasteiger partial charge in [-0.05, 0) is 99.5 Å². The third kappa shape index (κ3) is 31.4. The summed E-state index contributed by atoms with van der Waals surface area (Å²) in [6.07, 6.45) is -0.522. The van der Waals surface area contributed by atoms with Crippen LogP contribution in [-0.4, -0.2) is 128 Å². The van der Waals surface area contributed by atoms with Crippen LogP contribution < -0.4 is 32.3 Å². The molecule has 5 aromatic rings. The number of fused-ring (bicyclic) bond motifs is 1. The van der Waals surface area contributed by atoms with E-state index in [0.717, 1.165) is 11.1 Å². The van der Waals surface area contributed by atoms with Gasteiger partial charge in [-0.3, -0.25) is 10.1 Å². The zero-order valence-electron chi connectivity index (χ0n) is 46.7. The molecule has 0 aliphatic heterocycles. The van der Waals surface area contributed by atoms with Gasteiger partial charge < -0.3 is 60.7 Å². The molecule has 0 fully saturated rings. The number of likely N-dealkylation sites (N-methyl/N-ethyl adjacent to an activating group) is 1. The molecular weight excluding hydrogens is 1150 g/mol. The standard InChI is InChI=1S/C24H25ClF2N6O4.C15H22N4O3.C15H23NO4.3H2S/c1-33(23(35)31-11-15-3-2-4-19(27)22(15)25)18(12-30-21(34)9-28)13-37-24(36)32-20-8-16-7-17(26)6-5-14(16)10-29-20;1-15(2,3)22-14(20)18-13(9-17-19-16)11-21-10-12-7-5-4-6-8-12;1-15(2,3)20-14(18)16-13(9-17)11-19-10-12-7-5-4-6-8-12;;;/h2-8,10,18H,9,11-13,28H2,1H3,(H,30,34)(H,31,35)(H,29,32,36);4-8,13H,9-11H2,1-3H3,(H,18,20);4-8,13,17H,9-11H2,1-3H3,(H,16,18);3*1H2/t18-;2*13-;;;/m000.../s1. The number of nitrogens with two attached hydrogens (primary N) is 1. The summed E-state index contributed by atoms with van der Waals surface area (Å²) in [5.74, 6) is -1.39. The minimum atomic E-state index is -0.876. The molecule has 6 amide bonds. The van der Waals surface area contributed by atoms with E-state index in [4.69, 9.17) is 46.6 Å². The summed E-state index contributed by atoms with van der Waals surface area (Å²) in [5, 5.41) is 26.6. The Morgan fingerprint density at radius 1 is 0.756 bits per heavy atom. The predicted molar refractivity (Wildman–Crippen MR) is 325 cm³/mol. The number of alkyl carbamates (subject to hydrolysis) is 2. The average Bonchev–Trinajstić information content (AvgIpc) is 3.39. The Kier molecular flexibility index (Phi) is 36.3. The molecule has 0 radical (unpaired) electrons. The Morgan fingerprint density at radius 2 is 1.32 bits per heavy atom. The first-order chi connectivity index (χ1) is 37.5. The lowest BCUT2D eigenvalue weighted by Crippen LogP contribution is -2.51. The molecule has 8 N–H and O–H groups in total. The number of nitrogens with one attached hydrogen (secondary N) is 5. The van der Waals surface area contributed by atoms with E-state index in [2.05, 4.69) is 41.6 Å². The zero-order chi connectivity index (χ0) is 58.4. The Labute approximate surface area is 502 Å². The average molecular weight is 1220 g/mol. The van der Waals surface area contributed by atoms with E-state index < -0.39 is 71.2 Å². The highest BCUT2D eigenvalue weighted by Crippen LogP contribution is 2.20. The molecule has 0 spiro atoms. The van der Waals surface area contributed by atoms with Crippen molar-refractivity contribution in [1.82, 2.24) is 31.2 Å². The molecule has 5 rings (SSSR count). The predicted octanol–water partition coefficient (Wildman–Crippen LogP) is 8.83. The van der Waals surface area contributed by atoms with Crippen molar-refractivity contribution in [3.63, 3.8) is 0 Å². The quantitative estimate of drug-likeness (QED) is 0.0148. The number of azide groups is 1. The van der Waals surface area contributed by atoms with Crippen LogP contribution in [0.2, 0.25) is 5.02 Å². The highest BCUT2D eigenvalue weighted by atomic mass is 35.5. The summed E-state index contributed by atoms with van der Waals surface area (Å²) in [5.41, 5.74) is 15.0. The van der Waals surface area contributed by atoms with E-state index in [1.807, 2.05) is 60.7 Å². The molecule has 28 heteroatoms. The molecule has 0 unspecified atom stereocenters. The zero-order valence-corrected chi connectivity index (χ0v) is 50.4. The van der Waals surface area contributed by atoms with Gasteiger partial charge in [-0.2, -0.15) is 40.5 Å². The van der Waals surface area contributed by atoms with Gasteiger partial charge in [0, 0.05) is 43.2 Å². The van der Waals surface area contributed by atoms with E-state index in [1.54, 1.807) is 53.7 Å². The third-order valence-electron chi connectivity index (χ3n) is 10.3. The molecule has 0 saturated heterocycles. The van der Waals surface area contributed by atoms with Crippen LogP contribution in [0.4, 0.5) is 33.8 Å². The number of nitrogens with zero attached hydrogens (tertiary/aromatic N) is 5. The number of carbonyl (C=O) groups is 5. The number of aliphatic hydroxyl groups is 1. The van der Waals surface area contributed by atoms with Crippen LogP contribution in [0, 0.1) is 11.6 Å². The summed E-state index contributed by atoms with van der Waals surface area (Å²) in [6, 6.07) is 27.0. The van der Waals surface area contributed by atoms with Crippen molar-refractivity contribution in [2.45, 2.75) is 90.6 Å². The number of hydrogen-bond acceptors (Lipinski definition) is 14. The number of amides is 6. The van der Waals surface area contributed by atoms with Crippen molar-refractivity contribution >= 4 is 98.9 Å². The summed E-state index contributed by atoms with van der Waals surface area (Å²) >= 11 is 5.92. The maximum Gasteiger partial charge on any atom is 0.412 e. The lowest BCUT2D eigenvalue weighted by Gasteiger charge is -2.28. The van der Waals surface area contributed by atoms with Gasteiger partial charge in [0.15, 0.2) is 0 Å². The van der Waals surface area contributed by atoms with E-state index in [1.165, 1.54) is 48.5 Å². The lowest BCUT2D eigenvalue weighted by atomic mass is 10.2. The van der Waals surface area contributed by atoms with Crippen LogP contribution in [0.3, 0.4) is 0 Å². The van der Waals surface area contributed by atoms with Gasteiger partial charge in [-0.15, -0.1) is 0 Å². The topological polar surface area (TPSA) is 303 Å². The Bertz CT molecular complexity index is 2770. The third-order valence-corrected chi connectivity index (χ3v) is 10.7. The maximum atomic E-state index is 13.6. The second-order valence-electron chi connectivity index (χ2n) is 19.2. The Balaban J connectivity index is 0.00000126. The molecule has 3 atom stereocenters. The van der Waals surface area contributed by atoms with Crippen LogP contribution in [-0.2, 0) is 48.2 Å². The number of anilines is 1. The van der Waals surface area contributed by atoms with E-state index in [0.29, 0.717) is 29.5 Å². The molecule has 1 aromatic heterocycles. The van der Waals surface area contributed by atoms with Crippen molar-refractivity contribution in [1.29, 1.82) is 0 Å². The SMILES string of the molecule is CC(C)(C)OC(=O)N[C@@H](CN=[N+]=[N-])COCc1ccccc1.CC(C)(C)OC(=O)N[C@@H](CO)COCc1ccccc1.CN(C(=O)NCc1cccc(F)c1Cl)[C@@H](CNC(=O)CN)COC(=O)Nc1cc2cc(F)ccc2cn1.S.S.S. The molecule has 1 heterocycles. The highest BCUT2D eigenvalue weighted by Gasteiger charge is 2.24. The number of benzene rings is 4. The fraction of sp³-hybridized carbons (Fsp3) is 0.407. The van der Waals surface area contributed by atoms with Gasteiger partial charge in [0.05, 0.1) is 62.7 Å². The van der Waals surface area contributed by atoms with E-state index in [9.17, 15) is 37.9 Å². The first-order valence-electron chi connectivity index (χ1n) is 24.7. The number of carbonyl (C=O) groups excluding carboxylic acids is 5. The van der Waals surface area contributed by atoms with Gasteiger partial charge >= 0.3 is 24.3 Å². The number of pyridine rings is 1. The summed E-state index contributed by atoms with van der Waals surface area (Å²) in [7, 11) is 1.43. The maximum absolute atomic E-state index is 13.6. The summed E-state index contributed by atoms with van der Waals surface area (Å²) in [6.45, 7) is 11.2. The van der Waals surface area contributed by atoms with Crippen molar-refractivity contribution in [3.05, 3.63) is 153 Å². The monoisotopic (exact) mass is 1220 g/mol. The van der Waals surface area contributed by atoms with Crippen LogP contribution in [0.25, 0.3) is 21.2 Å². The van der Waals surface area contributed by atoms with Crippen molar-refractivity contribution in [2.75, 3.05) is 58.4 Å².